The third kappa shape index (κ3) is 3.39. The monoisotopic (exact) mass is 279 g/mol. The lowest BCUT2D eigenvalue weighted by molar-refractivity contribution is -0.0781. The highest BCUT2D eigenvalue weighted by molar-refractivity contribution is 5.18. The summed E-state index contributed by atoms with van der Waals surface area (Å²) in [5.41, 5.74) is 7.66. The van der Waals surface area contributed by atoms with Gasteiger partial charge in [-0.2, -0.15) is 0 Å². The van der Waals surface area contributed by atoms with Crippen molar-refractivity contribution < 1.29 is 9.13 Å². The number of hydrogen-bond donors (Lipinski definition) is 1. The first kappa shape index (κ1) is 15.5. The fraction of sp³-hybridized carbons (Fsp3) is 0.647. The smallest absolute Gasteiger partial charge is 0.123 e. The zero-order chi connectivity index (χ0) is 14.8. The third-order valence-corrected chi connectivity index (χ3v) is 4.90. The SMILES string of the molecule is COC1(C(N)Cc2ccc(F)cc2)CCC(C)(C)CC1. The van der Waals surface area contributed by atoms with Crippen LogP contribution in [0.25, 0.3) is 0 Å². The number of ether oxygens (including phenoxy) is 1. The molecule has 2 rings (SSSR count). The molecular weight excluding hydrogens is 253 g/mol. The van der Waals surface area contributed by atoms with Gasteiger partial charge in [0.25, 0.3) is 0 Å². The van der Waals surface area contributed by atoms with E-state index in [0.717, 1.165) is 37.7 Å². The van der Waals surface area contributed by atoms with Crippen molar-refractivity contribution in [3.05, 3.63) is 35.6 Å². The Kier molecular flexibility index (Phi) is 4.50. The second kappa shape index (κ2) is 5.82. The first-order valence-electron chi connectivity index (χ1n) is 7.42. The van der Waals surface area contributed by atoms with Crippen LogP contribution in [0.2, 0.25) is 0 Å². The predicted octanol–water partition coefficient (Wildman–Crippen LogP) is 3.68. The van der Waals surface area contributed by atoms with Gasteiger partial charge in [-0.3, -0.25) is 0 Å². The summed E-state index contributed by atoms with van der Waals surface area (Å²) in [5, 5.41) is 0. The molecule has 1 atom stereocenters. The zero-order valence-corrected chi connectivity index (χ0v) is 12.8. The van der Waals surface area contributed by atoms with E-state index in [9.17, 15) is 4.39 Å². The van der Waals surface area contributed by atoms with Gasteiger partial charge in [0.2, 0.25) is 0 Å². The second-order valence-electron chi connectivity index (χ2n) is 6.87. The van der Waals surface area contributed by atoms with E-state index >= 15 is 0 Å². The normalized spacial score (nSPS) is 22.4. The van der Waals surface area contributed by atoms with Crippen LogP contribution in [0.1, 0.15) is 45.1 Å². The minimum Gasteiger partial charge on any atom is -0.377 e. The van der Waals surface area contributed by atoms with Gasteiger partial charge in [0.15, 0.2) is 0 Å². The molecule has 0 spiro atoms. The van der Waals surface area contributed by atoms with E-state index in [1.54, 1.807) is 7.11 Å². The molecule has 1 fully saturated rings. The second-order valence-corrected chi connectivity index (χ2v) is 6.87. The largest absolute Gasteiger partial charge is 0.377 e. The predicted molar refractivity (Wildman–Crippen MR) is 80.1 cm³/mol. The number of rotatable bonds is 4. The first-order chi connectivity index (χ1) is 9.37. The molecule has 1 saturated carbocycles. The van der Waals surface area contributed by atoms with E-state index in [4.69, 9.17) is 10.5 Å². The van der Waals surface area contributed by atoms with Crippen LogP contribution in [0.15, 0.2) is 24.3 Å². The van der Waals surface area contributed by atoms with Crippen LogP contribution in [0, 0.1) is 11.2 Å². The van der Waals surface area contributed by atoms with Crippen molar-refractivity contribution in [2.75, 3.05) is 7.11 Å². The van der Waals surface area contributed by atoms with Crippen LogP contribution in [0.3, 0.4) is 0 Å². The summed E-state index contributed by atoms with van der Waals surface area (Å²) in [6.45, 7) is 4.61. The van der Waals surface area contributed by atoms with Gasteiger partial charge < -0.3 is 10.5 Å². The fourth-order valence-corrected chi connectivity index (χ4v) is 3.14. The van der Waals surface area contributed by atoms with E-state index in [1.807, 2.05) is 12.1 Å². The van der Waals surface area contributed by atoms with Gasteiger partial charge in [-0.1, -0.05) is 26.0 Å². The average Bonchev–Trinajstić information content (AvgIpc) is 2.42. The molecule has 112 valence electrons. The Morgan fingerprint density at radius 1 is 1.15 bits per heavy atom. The van der Waals surface area contributed by atoms with Crippen LogP contribution in [-0.2, 0) is 11.2 Å². The summed E-state index contributed by atoms with van der Waals surface area (Å²) >= 11 is 0. The van der Waals surface area contributed by atoms with Crippen LogP contribution >= 0.6 is 0 Å². The number of hydrogen-bond acceptors (Lipinski definition) is 2. The van der Waals surface area contributed by atoms with Gasteiger partial charge in [-0.25, -0.2) is 4.39 Å². The van der Waals surface area contributed by atoms with Crippen molar-refractivity contribution in [3.8, 4) is 0 Å². The Bertz CT molecular complexity index is 431. The Balaban J connectivity index is 2.06. The summed E-state index contributed by atoms with van der Waals surface area (Å²) in [7, 11) is 1.77. The molecule has 1 aliphatic carbocycles. The summed E-state index contributed by atoms with van der Waals surface area (Å²) < 4.78 is 18.8. The van der Waals surface area contributed by atoms with Gasteiger partial charge in [0.05, 0.1) is 5.60 Å². The molecule has 0 radical (unpaired) electrons. The topological polar surface area (TPSA) is 35.2 Å². The maximum atomic E-state index is 12.9. The van der Waals surface area contributed by atoms with E-state index in [1.165, 1.54) is 12.1 Å². The molecular formula is C17H26FNO. The van der Waals surface area contributed by atoms with Crippen LogP contribution in [-0.4, -0.2) is 18.8 Å². The molecule has 0 saturated heterocycles. The molecule has 1 unspecified atom stereocenters. The lowest BCUT2D eigenvalue weighted by Gasteiger charge is -2.46. The Morgan fingerprint density at radius 3 is 2.20 bits per heavy atom. The van der Waals surface area contributed by atoms with Crippen LogP contribution < -0.4 is 5.73 Å². The van der Waals surface area contributed by atoms with Crippen molar-refractivity contribution in [2.45, 2.75) is 57.6 Å². The Labute approximate surface area is 121 Å². The molecule has 1 aromatic rings. The quantitative estimate of drug-likeness (QED) is 0.912. The fourth-order valence-electron chi connectivity index (χ4n) is 3.14. The number of methoxy groups -OCH3 is 1. The van der Waals surface area contributed by atoms with Gasteiger partial charge in [0, 0.05) is 13.2 Å². The Morgan fingerprint density at radius 2 is 1.70 bits per heavy atom. The van der Waals surface area contributed by atoms with E-state index in [2.05, 4.69) is 13.8 Å². The lowest BCUT2D eigenvalue weighted by Crippen LogP contribution is -2.53. The third-order valence-electron chi connectivity index (χ3n) is 4.90. The molecule has 20 heavy (non-hydrogen) atoms. The van der Waals surface area contributed by atoms with Gasteiger partial charge in [-0.05, 0) is 55.2 Å². The van der Waals surface area contributed by atoms with Gasteiger partial charge in [-0.15, -0.1) is 0 Å². The average molecular weight is 279 g/mol. The van der Waals surface area contributed by atoms with Crippen molar-refractivity contribution in [1.29, 1.82) is 0 Å². The number of nitrogens with two attached hydrogens (primary N) is 1. The molecule has 0 heterocycles. The standard InChI is InChI=1S/C17H26FNO/c1-16(2)8-10-17(20-3,11-9-16)15(19)12-13-4-6-14(18)7-5-13/h4-7,15H,8-12,19H2,1-3H3. The van der Waals surface area contributed by atoms with Crippen molar-refractivity contribution >= 4 is 0 Å². The molecule has 0 bridgehead atoms. The summed E-state index contributed by atoms with van der Waals surface area (Å²) in [5.74, 6) is -0.205. The van der Waals surface area contributed by atoms with E-state index in [-0.39, 0.29) is 17.5 Å². The first-order valence-corrected chi connectivity index (χ1v) is 7.42. The van der Waals surface area contributed by atoms with Crippen molar-refractivity contribution in [2.24, 2.45) is 11.1 Å². The molecule has 0 aromatic heterocycles. The van der Waals surface area contributed by atoms with Gasteiger partial charge in [0.1, 0.15) is 5.82 Å². The minimum absolute atomic E-state index is 0.0472. The van der Waals surface area contributed by atoms with Crippen molar-refractivity contribution in [1.82, 2.24) is 0 Å². The molecule has 0 aliphatic heterocycles. The molecule has 2 nitrogen and oxygen atoms in total. The maximum Gasteiger partial charge on any atom is 0.123 e. The highest BCUT2D eigenvalue weighted by Gasteiger charge is 2.42. The summed E-state index contributed by atoms with van der Waals surface area (Å²) in [6.07, 6.45) is 5.00. The molecule has 1 aliphatic rings. The molecule has 2 N–H and O–H groups in total. The molecule has 3 heteroatoms. The summed E-state index contributed by atoms with van der Waals surface area (Å²) in [6, 6.07) is 6.56. The van der Waals surface area contributed by atoms with E-state index in [0.29, 0.717) is 5.41 Å². The maximum absolute atomic E-state index is 12.9. The minimum atomic E-state index is -0.232. The Hall–Kier alpha value is -0.930. The highest BCUT2D eigenvalue weighted by Crippen LogP contribution is 2.43. The van der Waals surface area contributed by atoms with E-state index < -0.39 is 0 Å². The van der Waals surface area contributed by atoms with Crippen LogP contribution in [0.4, 0.5) is 4.39 Å². The van der Waals surface area contributed by atoms with Crippen molar-refractivity contribution in [3.63, 3.8) is 0 Å². The number of halogens is 1. The lowest BCUT2D eigenvalue weighted by atomic mass is 9.68. The van der Waals surface area contributed by atoms with Gasteiger partial charge >= 0.3 is 0 Å². The highest BCUT2D eigenvalue weighted by atomic mass is 19.1. The summed E-state index contributed by atoms with van der Waals surface area (Å²) in [4.78, 5) is 0. The molecule has 1 aromatic carbocycles. The molecule has 0 amide bonds. The van der Waals surface area contributed by atoms with Crippen LogP contribution in [0.5, 0.6) is 0 Å². The zero-order valence-electron chi connectivity index (χ0n) is 12.8. The number of benzene rings is 1.